The van der Waals surface area contributed by atoms with Gasteiger partial charge in [0.1, 0.15) is 0 Å². The molecule has 1 fully saturated rings. The quantitative estimate of drug-likeness (QED) is 0.694. The lowest BCUT2D eigenvalue weighted by Crippen LogP contribution is -2.37. The third kappa shape index (κ3) is 3.36. The van der Waals surface area contributed by atoms with Crippen molar-refractivity contribution in [3.05, 3.63) is 0 Å². The third-order valence-electron chi connectivity index (χ3n) is 2.58. The molecule has 0 aliphatic carbocycles. The minimum atomic E-state index is -0.988. The topological polar surface area (TPSA) is 82.8 Å². The van der Waals surface area contributed by atoms with E-state index < -0.39 is 6.09 Å². The van der Waals surface area contributed by atoms with Crippen LogP contribution >= 0.6 is 0 Å². The lowest BCUT2D eigenvalue weighted by molar-refractivity contribution is 0.0409. The Balaban J connectivity index is 2.38. The van der Waals surface area contributed by atoms with Gasteiger partial charge >= 0.3 is 6.09 Å². The molecule has 6 nitrogen and oxygen atoms in total. The summed E-state index contributed by atoms with van der Waals surface area (Å²) in [6.07, 6.45) is -0.437. The molecule has 2 atom stereocenters. The van der Waals surface area contributed by atoms with Crippen molar-refractivity contribution in [1.82, 2.24) is 4.90 Å². The molecule has 16 heavy (non-hydrogen) atoms. The van der Waals surface area contributed by atoms with E-state index in [0.717, 1.165) is 0 Å². The molecule has 0 aromatic rings. The Kier molecular flexibility index (Phi) is 5.02. The van der Waals surface area contributed by atoms with Gasteiger partial charge in [0.05, 0.1) is 37.8 Å². The summed E-state index contributed by atoms with van der Waals surface area (Å²) in [7, 11) is 1.58. The monoisotopic (exact) mass is 228 g/mol. The maximum Gasteiger partial charge on any atom is 0.407 e. The molecule has 1 aliphatic rings. The smallest absolute Gasteiger partial charge is 0.407 e. The second kappa shape index (κ2) is 6.30. The fraction of sp³-hybridized carbons (Fsp3) is 0.800. The van der Waals surface area contributed by atoms with Crippen molar-refractivity contribution in [1.29, 1.82) is 5.26 Å². The van der Waals surface area contributed by atoms with Gasteiger partial charge in [0.15, 0.2) is 0 Å². The van der Waals surface area contributed by atoms with Crippen LogP contribution in [-0.2, 0) is 9.47 Å². The number of amides is 1. The van der Waals surface area contributed by atoms with E-state index in [9.17, 15) is 4.79 Å². The van der Waals surface area contributed by atoms with E-state index in [0.29, 0.717) is 26.2 Å². The van der Waals surface area contributed by atoms with Gasteiger partial charge in [0.2, 0.25) is 0 Å². The molecule has 0 spiro atoms. The molecule has 0 saturated carbocycles. The lowest BCUT2D eigenvalue weighted by Gasteiger charge is -2.20. The van der Waals surface area contributed by atoms with Gasteiger partial charge in [-0.2, -0.15) is 5.26 Å². The second-order valence-corrected chi connectivity index (χ2v) is 3.72. The van der Waals surface area contributed by atoms with Crippen LogP contribution in [0.5, 0.6) is 0 Å². The molecule has 1 N–H and O–H groups in total. The van der Waals surface area contributed by atoms with E-state index in [1.54, 1.807) is 7.11 Å². The first-order valence-electron chi connectivity index (χ1n) is 5.15. The Morgan fingerprint density at radius 3 is 2.94 bits per heavy atom. The minimum Gasteiger partial charge on any atom is -0.465 e. The summed E-state index contributed by atoms with van der Waals surface area (Å²) in [5.74, 6) is -0.216. The van der Waals surface area contributed by atoms with Crippen molar-refractivity contribution in [2.75, 3.05) is 33.5 Å². The Hall–Kier alpha value is -1.32. The van der Waals surface area contributed by atoms with Gasteiger partial charge in [-0.15, -0.1) is 0 Å². The number of likely N-dealkylation sites (tertiary alicyclic amines) is 1. The SMILES string of the molecule is COCCOC[C@@H]1C[C@@H](C#N)CN1C(=O)O. The van der Waals surface area contributed by atoms with Crippen LogP contribution in [-0.4, -0.2) is 55.6 Å². The lowest BCUT2D eigenvalue weighted by atomic mass is 10.1. The standard InChI is InChI=1S/C10H16N2O4/c1-15-2-3-16-7-9-4-8(5-11)6-12(9)10(13)14/h8-9H,2-4,6-7H2,1H3,(H,13,14)/t8-,9-/m0/s1. The van der Waals surface area contributed by atoms with Crippen molar-refractivity contribution in [2.45, 2.75) is 12.5 Å². The summed E-state index contributed by atoms with van der Waals surface area (Å²) in [5, 5.41) is 17.7. The number of hydrogen-bond acceptors (Lipinski definition) is 4. The van der Waals surface area contributed by atoms with Crippen molar-refractivity contribution >= 4 is 6.09 Å². The number of methoxy groups -OCH3 is 1. The number of nitrogens with zero attached hydrogens (tertiary/aromatic N) is 2. The molecule has 0 radical (unpaired) electrons. The molecular weight excluding hydrogens is 212 g/mol. The summed E-state index contributed by atoms with van der Waals surface area (Å²) < 4.78 is 10.1. The highest BCUT2D eigenvalue weighted by molar-refractivity contribution is 5.66. The summed E-state index contributed by atoms with van der Waals surface area (Å²) >= 11 is 0. The number of carbonyl (C=O) groups is 1. The zero-order valence-corrected chi connectivity index (χ0v) is 9.26. The first kappa shape index (κ1) is 12.7. The van der Waals surface area contributed by atoms with Crippen LogP contribution in [0.2, 0.25) is 0 Å². The molecule has 0 bridgehead atoms. The van der Waals surface area contributed by atoms with Gasteiger partial charge in [0, 0.05) is 13.7 Å². The van der Waals surface area contributed by atoms with Gasteiger partial charge < -0.3 is 19.5 Å². The first-order chi connectivity index (χ1) is 7.69. The van der Waals surface area contributed by atoms with Crippen LogP contribution in [0.25, 0.3) is 0 Å². The number of rotatable bonds is 5. The Bertz CT molecular complexity index is 276. The predicted molar refractivity (Wildman–Crippen MR) is 54.9 cm³/mol. The zero-order chi connectivity index (χ0) is 12.0. The van der Waals surface area contributed by atoms with Crippen LogP contribution in [0.3, 0.4) is 0 Å². The number of ether oxygens (including phenoxy) is 2. The van der Waals surface area contributed by atoms with Crippen molar-refractivity contribution < 1.29 is 19.4 Å². The van der Waals surface area contributed by atoms with Gasteiger partial charge in [-0.1, -0.05) is 0 Å². The predicted octanol–water partition coefficient (Wildman–Crippen LogP) is 0.541. The summed E-state index contributed by atoms with van der Waals surface area (Å²) in [5.41, 5.74) is 0. The average molecular weight is 228 g/mol. The van der Waals surface area contributed by atoms with Crippen LogP contribution in [0.1, 0.15) is 6.42 Å². The molecule has 0 aromatic carbocycles. The molecule has 1 rings (SSSR count). The third-order valence-corrected chi connectivity index (χ3v) is 2.58. The highest BCUT2D eigenvalue weighted by Gasteiger charge is 2.35. The normalized spacial score (nSPS) is 24.4. The van der Waals surface area contributed by atoms with Crippen molar-refractivity contribution in [3.63, 3.8) is 0 Å². The Morgan fingerprint density at radius 1 is 1.62 bits per heavy atom. The fourth-order valence-electron chi connectivity index (χ4n) is 1.76. The molecule has 90 valence electrons. The van der Waals surface area contributed by atoms with E-state index in [4.69, 9.17) is 19.8 Å². The first-order valence-corrected chi connectivity index (χ1v) is 5.15. The molecule has 6 heteroatoms. The zero-order valence-electron chi connectivity index (χ0n) is 9.26. The van der Waals surface area contributed by atoms with Crippen LogP contribution in [0.15, 0.2) is 0 Å². The van der Waals surface area contributed by atoms with Crippen LogP contribution in [0, 0.1) is 17.2 Å². The number of nitriles is 1. The van der Waals surface area contributed by atoms with Crippen molar-refractivity contribution in [3.8, 4) is 6.07 Å². The van der Waals surface area contributed by atoms with Gasteiger partial charge in [-0.25, -0.2) is 4.79 Å². The number of hydrogen-bond donors (Lipinski definition) is 1. The second-order valence-electron chi connectivity index (χ2n) is 3.72. The molecular formula is C10H16N2O4. The van der Waals surface area contributed by atoms with E-state index >= 15 is 0 Å². The fourth-order valence-corrected chi connectivity index (χ4v) is 1.76. The van der Waals surface area contributed by atoms with E-state index in [2.05, 4.69) is 6.07 Å². The maximum atomic E-state index is 10.9. The average Bonchev–Trinajstić information content (AvgIpc) is 2.68. The van der Waals surface area contributed by atoms with Gasteiger partial charge in [0.25, 0.3) is 0 Å². The van der Waals surface area contributed by atoms with E-state index in [1.807, 2.05) is 0 Å². The summed E-state index contributed by atoms with van der Waals surface area (Å²) in [6, 6.07) is 1.89. The Morgan fingerprint density at radius 2 is 2.38 bits per heavy atom. The van der Waals surface area contributed by atoms with E-state index in [-0.39, 0.29) is 18.5 Å². The van der Waals surface area contributed by atoms with Gasteiger partial charge in [-0.3, -0.25) is 0 Å². The maximum absolute atomic E-state index is 10.9. The highest BCUT2D eigenvalue weighted by atomic mass is 16.5. The van der Waals surface area contributed by atoms with Crippen LogP contribution in [0.4, 0.5) is 4.79 Å². The molecule has 0 aromatic heterocycles. The van der Waals surface area contributed by atoms with E-state index in [1.165, 1.54) is 4.90 Å². The molecule has 1 aliphatic heterocycles. The molecule has 1 amide bonds. The summed E-state index contributed by atoms with van der Waals surface area (Å²) in [4.78, 5) is 12.2. The molecule has 1 heterocycles. The molecule has 1 saturated heterocycles. The largest absolute Gasteiger partial charge is 0.465 e. The summed E-state index contributed by atoms with van der Waals surface area (Å²) in [6.45, 7) is 1.54. The Labute approximate surface area is 94.4 Å². The van der Waals surface area contributed by atoms with Gasteiger partial charge in [-0.05, 0) is 6.42 Å². The highest BCUT2D eigenvalue weighted by Crippen LogP contribution is 2.22. The van der Waals surface area contributed by atoms with Crippen molar-refractivity contribution in [2.24, 2.45) is 5.92 Å². The number of carboxylic acid groups (broad SMARTS) is 1. The van der Waals surface area contributed by atoms with Crippen LogP contribution < -0.4 is 0 Å². The minimum absolute atomic E-state index is 0.209. The molecule has 0 unspecified atom stereocenters.